The number of nitrogens with one attached hydrogen (secondary N) is 1. The minimum atomic E-state index is 0.749. The molecule has 0 amide bonds. The van der Waals surface area contributed by atoms with Gasteiger partial charge in [0.25, 0.3) is 0 Å². The molecular weight excluding hydrogens is 260 g/mol. The molecule has 0 bridgehead atoms. The predicted octanol–water partition coefficient (Wildman–Crippen LogP) is 3.14. The zero-order valence-electron chi connectivity index (χ0n) is 14.2. The van der Waals surface area contributed by atoms with Gasteiger partial charge in [-0.3, -0.25) is 4.68 Å². The minimum absolute atomic E-state index is 0.749. The van der Waals surface area contributed by atoms with E-state index in [2.05, 4.69) is 47.9 Å². The molecule has 1 fully saturated rings. The lowest BCUT2D eigenvalue weighted by Gasteiger charge is -2.38. The molecule has 1 aromatic rings. The van der Waals surface area contributed by atoms with Gasteiger partial charge in [-0.15, -0.1) is 0 Å². The van der Waals surface area contributed by atoms with Gasteiger partial charge in [0.2, 0.25) is 0 Å². The molecule has 3 atom stereocenters. The van der Waals surface area contributed by atoms with Crippen LogP contribution in [-0.4, -0.2) is 28.4 Å². The smallest absolute Gasteiger partial charge is 0.138 e. The quantitative estimate of drug-likeness (QED) is 0.839. The van der Waals surface area contributed by atoms with Gasteiger partial charge in [-0.25, -0.2) is 4.98 Å². The van der Waals surface area contributed by atoms with Crippen molar-refractivity contribution in [1.82, 2.24) is 20.1 Å². The Balaban J connectivity index is 2.06. The fourth-order valence-electron chi connectivity index (χ4n) is 3.83. The third-order valence-corrected chi connectivity index (χ3v) is 5.17. The summed E-state index contributed by atoms with van der Waals surface area (Å²) in [5, 5.41) is 7.77. The molecule has 2 rings (SSSR count). The van der Waals surface area contributed by atoms with Gasteiger partial charge in [0.05, 0.1) is 0 Å². The average molecular weight is 292 g/mol. The van der Waals surface area contributed by atoms with Crippen LogP contribution in [0.5, 0.6) is 0 Å². The second-order valence-corrected chi connectivity index (χ2v) is 7.00. The summed E-state index contributed by atoms with van der Waals surface area (Å²) in [5.74, 6) is 4.41. The molecule has 1 aromatic heterocycles. The lowest BCUT2D eigenvalue weighted by Crippen LogP contribution is -2.35. The molecule has 1 saturated carbocycles. The largest absolute Gasteiger partial charge is 0.319 e. The van der Waals surface area contributed by atoms with E-state index in [9.17, 15) is 0 Å². The Morgan fingerprint density at radius 1 is 1.33 bits per heavy atom. The number of aryl methyl sites for hydroxylation is 1. The molecule has 0 spiro atoms. The topological polar surface area (TPSA) is 42.7 Å². The van der Waals surface area contributed by atoms with Gasteiger partial charge >= 0.3 is 0 Å². The molecule has 0 saturated heterocycles. The van der Waals surface area contributed by atoms with Crippen molar-refractivity contribution < 1.29 is 0 Å². The van der Waals surface area contributed by atoms with Gasteiger partial charge in [-0.1, -0.05) is 20.8 Å². The Morgan fingerprint density at radius 2 is 2.14 bits per heavy atom. The molecule has 1 aliphatic rings. The van der Waals surface area contributed by atoms with Crippen LogP contribution < -0.4 is 5.32 Å². The molecule has 3 unspecified atom stereocenters. The van der Waals surface area contributed by atoms with E-state index < -0.39 is 0 Å². The van der Waals surface area contributed by atoms with Gasteiger partial charge in [0, 0.05) is 13.0 Å². The third kappa shape index (κ3) is 4.29. The Kier molecular flexibility index (Phi) is 6.22. The average Bonchev–Trinajstić information content (AvgIpc) is 2.88. The van der Waals surface area contributed by atoms with Crippen LogP contribution in [0, 0.1) is 23.7 Å². The molecular formula is C17H32N4. The second-order valence-electron chi connectivity index (χ2n) is 7.00. The first-order valence-corrected chi connectivity index (χ1v) is 8.66. The maximum atomic E-state index is 4.52. The number of hydrogen-bond donors (Lipinski definition) is 1. The van der Waals surface area contributed by atoms with E-state index in [1.807, 2.05) is 0 Å². The molecule has 4 nitrogen and oxygen atoms in total. The van der Waals surface area contributed by atoms with Crippen LogP contribution in [0.15, 0.2) is 6.33 Å². The van der Waals surface area contributed by atoms with Crippen LogP contribution in [0.4, 0.5) is 0 Å². The highest BCUT2D eigenvalue weighted by Crippen LogP contribution is 2.38. The summed E-state index contributed by atoms with van der Waals surface area (Å²) in [6.45, 7) is 9.08. The van der Waals surface area contributed by atoms with E-state index in [0.717, 1.165) is 49.6 Å². The first-order chi connectivity index (χ1) is 10.2. The normalized spacial score (nSPS) is 26.4. The molecule has 1 N–H and O–H groups in total. The van der Waals surface area contributed by atoms with Crippen LogP contribution in [0.2, 0.25) is 0 Å². The molecule has 120 valence electrons. The molecule has 1 aliphatic carbocycles. The first kappa shape index (κ1) is 16.5. The summed E-state index contributed by atoms with van der Waals surface area (Å²) >= 11 is 0. The molecule has 0 radical (unpaired) electrons. The fourth-order valence-corrected chi connectivity index (χ4v) is 3.83. The third-order valence-electron chi connectivity index (χ3n) is 5.17. The molecule has 21 heavy (non-hydrogen) atoms. The summed E-state index contributed by atoms with van der Waals surface area (Å²) in [6, 6.07) is 0. The van der Waals surface area contributed by atoms with Crippen LogP contribution >= 0.6 is 0 Å². The number of aromatic nitrogens is 3. The number of hydrogen-bond acceptors (Lipinski definition) is 3. The zero-order valence-corrected chi connectivity index (χ0v) is 14.2. The molecule has 1 heterocycles. The highest BCUT2D eigenvalue weighted by atomic mass is 15.3. The van der Waals surface area contributed by atoms with Crippen molar-refractivity contribution in [2.45, 2.75) is 59.4 Å². The van der Waals surface area contributed by atoms with Crippen molar-refractivity contribution in [1.29, 1.82) is 0 Å². The summed E-state index contributed by atoms with van der Waals surface area (Å²) < 4.78 is 2.11. The Morgan fingerprint density at radius 3 is 2.81 bits per heavy atom. The summed E-state index contributed by atoms with van der Waals surface area (Å²) in [4.78, 5) is 4.52. The SMILES string of the molecule is CCCn1ncnc1CC1CC(C(C)C)CCC1CNC. The number of nitrogens with zero attached hydrogens (tertiary/aromatic N) is 3. The van der Waals surface area contributed by atoms with E-state index in [4.69, 9.17) is 0 Å². The summed E-state index contributed by atoms with van der Waals surface area (Å²) in [5.41, 5.74) is 0. The summed E-state index contributed by atoms with van der Waals surface area (Å²) in [6.07, 6.45) is 8.04. The van der Waals surface area contributed by atoms with Gasteiger partial charge in [0.15, 0.2) is 0 Å². The van der Waals surface area contributed by atoms with Gasteiger partial charge in [-0.05, 0) is 62.9 Å². The van der Waals surface area contributed by atoms with E-state index >= 15 is 0 Å². The van der Waals surface area contributed by atoms with Gasteiger partial charge in [-0.2, -0.15) is 5.10 Å². The fraction of sp³-hybridized carbons (Fsp3) is 0.882. The maximum Gasteiger partial charge on any atom is 0.138 e. The van der Waals surface area contributed by atoms with E-state index in [0.29, 0.717) is 0 Å². The highest BCUT2D eigenvalue weighted by Gasteiger charge is 2.32. The minimum Gasteiger partial charge on any atom is -0.319 e. The van der Waals surface area contributed by atoms with Crippen molar-refractivity contribution in [2.24, 2.45) is 23.7 Å². The van der Waals surface area contributed by atoms with Crippen molar-refractivity contribution in [3.8, 4) is 0 Å². The number of rotatable bonds is 7. The summed E-state index contributed by atoms with van der Waals surface area (Å²) in [7, 11) is 2.07. The van der Waals surface area contributed by atoms with Crippen LogP contribution in [0.1, 0.15) is 52.3 Å². The lowest BCUT2D eigenvalue weighted by molar-refractivity contribution is 0.143. The van der Waals surface area contributed by atoms with Crippen LogP contribution in [0.25, 0.3) is 0 Å². The second kappa shape index (κ2) is 7.92. The van der Waals surface area contributed by atoms with E-state index in [1.165, 1.54) is 25.1 Å². The molecule has 4 heteroatoms. The van der Waals surface area contributed by atoms with Crippen LogP contribution in [0.3, 0.4) is 0 Å². The van der Waals surface area contributed by atoms with Gasteiger partial charge in [0.1, 0.15) is 12.2 Å². The Labute approximate surface area is 129 Å². The van der Waals surface area contributed by atoms with Crippen molar-refractivity contribution in [3.05, 3.63) is 12.2 Å². The maximum absolute atomic E-state index is 4.52. The molecule has 0 aliphatic heterocycles. The standard InChI is InChI=1S/C17H32N4/c1-5-8-21-17(19-12-20-21)10-16-9-14(13(2)3)6-7-15(16)11-18-4/h12-16,18H,5-11H2,1-4H3. The first-order valence-electron chi connectivity index (χ1n) is 8.66. The lowest BCUT2D eigenvalue weighted by atomic mass is 9.69. The monoisotopic (exact) mass is 292 g/mol. The Bertz CT molecular complexity index is 413. The van der Waals surface area contributed by atoms with Crippen LogP contribution in [-0.2, 0) is 13.0 Å². The van der Waals surface area contributed by atoms with Crippen molar-refractivity contribution >= 4 is 0 Å². The van der Waals surface area contributed by atoms with Crippen molar-refractivity contribution in [3.63, 3.8) is 0 Å². The Hall–Kier alpha value is -0.900. The van der Waals surface area contributed by atoms with E-state index in [1.54, 1.807) is 6.33 Å². The highest BCUT2D eigenvalue weighted by molar-refractivity contribution is 4.92. The molecule has 0 aromatic carbocycles. The van der Waals surface area contributed by atoms with Crippen molar-refractivity contribution in [2.75, 3.05) is 13.6 Å². The zero-order chi connectivity index (χ0) is 15.2. The van der Waals surface area contributed by atoms with Gasteiger partial charge < -0.3 is 5.32 Å². The predicted molar refractivity (Wildman–Crippen MR) is 87.1 cm³/mol. The van der Waals surface area contributed by atoms with E-state index in [-0.39, 0.29) is 0 Å².